The van der Waals surface area contributed by atoms with Crippen LogP contribution in [0.2, 0.25) is 0 Å². The number of hydrogen-bond donors (Lipinski definition) is 4. The Balaban J connectivity index is 1.94. The summed E-state index contributed by atoms with van der Waals surface area (Å²) < 4.78 is 0. The lowest BCUT2D eigenvalue weighted by molar-refractivity contribution is -0.140. The molecule has 3 aromatic rings. The largest absolute Gasteiger partial charge is 0.480 e. The fourth-order valence-electron chi connectivity index (χ4n) is 3.05. The lowest BCUT2D eigenvalue weighted by Crippen LogP contribution is -2.46. The molecule has 0 aliphatic rings. The van der Waals surface area contributed by atoms with E-state index in [1.165, 1.54) is 0 Å². The molecule has 0 bridgehead atoms. The minimum absolute atomic E-state index is 0.262. The van der Waals surface area contributed by atoms with Gasteiger partial charge in [0.25, 0.3) is 5.56 Å². The highest BCUT2D eigenvalue weighted by Gasteiger charge is 2.23. The van der Waals surface area contributed by atoms with Crippen LogP contribution in [-0.2, 0) is 4.79 Å². The predicted octanol–water partition coefficient (Wildman–Crippen LogP) is 3.13. The van der Waals surface area contributed by atoms with E-state index in [1.54, 1.807) is 32.0 Å². The Kier molecular flexibility index (Phi) is 5.63. The molecule has 0 spiro atoms. The minimum Gasteiger partial charge on any atom is -0.480 e. The smallest absolute Gasteiger partial charge is 0.326 e. The number of hydrogen-bond acceptors (Lipinski definition) is 4. The van der Waals surface area contributed by atoms with Gasteiger partial charge >= 0.3 is 12.0 Å². The summed E-state index contributed by atoms with van der Waals surface area (Å²) in [5, 5.41) is 22.3. The molecular weight excluding hydrogens is 372 g/mol. The van der Waals surface area contributed by atoms with Crippen LogP contribution in [0.1, 0.15) is 19.4 Å². The van der Waals surface area contributed by atoms with Gasteiger partial charge in [0.15, 0.2) is 0 Å². The SMILES string of the molecule is Cc1ccc(-c2n[nH]c(=O)c3ccccc23)cc1NC(=O)NC(C(=O)O)C(C)C. The number of carbonyl (C=O) groups excluding carboxylic acids is 1. The number of fused-ring (bicyclic) bond motifs is 1. The monoisotopic (exact) mass is 394 g/mol. The molecule has 0 saturated heterocycles. The van der Waals surface area contributed by atoms with Gasteiger partial charge in [0, 0.05) is 16.6 Å². The van der Waals surface area contributed by atoms with Gasteiger partial charge in [-0.2, -0.15) is 5.10 Å². The van der Waals surface area contributed by atoms with Crippen molar-refractivity contribution < 1.29 is 14.7 Å². The number of carboxylic acids is 1. The maximum absolute atomic E-state index is 12.3. The zero-order chi connectivity index (χ0) is 21.1. The maximum Gasteiger partial charge on any atom is 0.326 e. The van der Waals surface area contributed by atoms with Crippen LogP contribution in [0.5, 0.6) is 0 Å². The Morgan fingerprint density at radius 2 is 1.79 bits per heavy atom. The number of aryl methyl sites for hydroxylation is 1. The van der Waals surface area contributed by atoms with Crippen LogP contribution < -0.4 is 16.2 Å². The first kappa shape index (κ1) is 20.1. The van der Waals surface area contributed by atoms with Crippen molar-refractivity contribution >= 4 is 28.5 Å². The summed E-state index contributed by atoms with van der Waals surface area (Å²) in [6.45, 7) is 5.27. The maximum atomic E-state index is 12.3. The molecule has 3 rings (SSSR count). The van der Waals surface area contributed by atoms with E-state index < -0.39 is 18.0 Å². The molecule has 0 saturated carbocycles. The van der Waals surface area contributed by atoms with E-state index in [-0.39, 0.29) is 11.5 Å². The third kappa shape index (κ3) is 4.26. The first-order chi connectivity index (χ1) is 13.8. The summed E-state index contributed by atoms with van der Waals surface area (Å²) in [4.78, 5) is 35.7. The molecule has 29 heavy (non-hydrogen) atoms. The second kappa shape index (κ2) is 8.14. The van der Waals surface area contributed by atoms with E-state index in [0.29, 0.717) is 27.7 Å². The van der Waals surface area contributed by atoms with Crippen molar-refractivity contribution in [2.24, 2.45) is 5.92 Å². The van der Waals surface area contributed by atoms with Crippen molar-refractivity contribution in [3.05, 3.63) is 58.4 Å². The molecule has 2 aromatic carbocycles. The zero-order valence-corrected chi connectivity index (χ0v) is 16.3. The molecule has 0 aliphatic carbocycles. The van der Waals surface area contributed by atoms with Crippen LogP contribution in [-0.4, -0.2) is 33.3 Å². The third-order valence-corrected chi connectivity index (χ3v) is 4.67. The Morgan fingerprint density at radius 1 is 1.10 bits per heavy atom. The normalized spacial score (nSPS) is 12.0. The molecule has 1 heterocycles. The number of H-pyrrole nitrogens is 1. The molecule has 150 valence electrons. The van der Waals surface area contributed by atoms with E-state index in [9.17, 15) is 19.5 Å². The number of aromatic nitrogens is 2. The number of amides is 2. The summed E-state index contributed by atoms with van der Waals surface area (Å²) in [7, 11) is 0. The van der Waals surface area contributed by atoms with Crippen molar-refractivity contribution in [1.29, 1.82) is 0 Å². The summed E-state index contributed by atoms with van der Waals surface area (Å²) in [5.74, 6) is -1.35. The van der Waals surface area contributed by atoms with Gasteiger partial charge in [0.2, 0.25) is 0 Å². The molecule has 8 heteroatoms. The molecular formula is C21H22N4O4. The molecule has 0 fully saturated rings. The molecule has 2 amide bonds. The van der Waals surface area contributed by atoms with E-state index in [4.69, 9.17) is 0 Å². The predicted molar refractivity (Wildman–Crippen MR) is 111 cm³/mol. The Labute approximate surface area is 167 Å². The standard InChI is InChI=1S/C21H22N4O4/c1-11(2)17(20(27)28)23-21(29)22-16-10-13(9-8-12(16)3)18-14-6-4-5-7-15(14)19(26)25-24-18/h4-11,17H,1-3H3,(H,25,26)(H,27,28)(H2,22,23,29). The average molecular weight is 394 g/mol. The van der Waals surface area contributed by atoms with Gasteiger partial charge in [-0.05, 0) is 30.5 Å². The van der Waals surface area contributed by atoms with Crippen molar-refractivity contribution in [3.63, 3.8) is 0 Å². The van der Waals surface area contributed by atoms with Crippen LogP contribution in [0.3, 0.4) is 0 Å². The molecule has 8 nitrogen and oxygen atoms in total. The second-order valence-corrected chi connectivity index (χ2v) is 7.14. The average Bonchev–Trinajstić information content (AvgIpc) is 2.68. The Bertz CT molecular complexity index is 1140. The summed E-state index contributed by atoms with van der Waals surface area (Å²) >= 11 is 0. The fourth-order valence-corrected chi connectivity index (χ4v) is 3.05. The minimum atomic E-state index is -1.09. The fraction of sp³-hybridized carbons (Fsp3) is 0.238. The quantitative estimate of drug-likeness (QED) is 0.529. The number of benzene rings is 2. The van der Waals surface area contributed by atoms with Gasteiger partial charge < -0.3 is 15.7 Å². The van der Waals surface area contributed by atoms with Gasteiger partial charge in [-0.15, -0.1) is 0 Å². The summed E-state index contributed by atoms with van der Waals surface area (Å²) in [5.41, 5.74) is 2.33. The van der Waals surface area contributed by atoms with Crippen molar-refractivity contribution in [2.75, 3.05) is 5.32 Å². The lowest BCUT2D eigenvalue weighted by atomic mass is 10.0. The third-order valence-electron chi connectivity index (χ3n) is 4.67. The number of carboxylic acid groups (broad SMARTS) is 1. The topological polar surface area (TPSA) is 124 Å². The Hall–Kier alpha value is -3.68. The highest BCUT2D eigenvalue weighted by Crippen LogP contribution is 2.28. The Morgan fingerprint density at radius 3 is 2.45 bits per heavy atom. The summed E-state index contributed by atoms with van der Waals surface area (Å²) in [6.07, 6.45) is 0. The van der Waals surface area contributed by atoms with Gasteiger partial charge in [-0.3, -0.25) is 4.79 Å². The number of aromatic amines is 1. The number of nitrogens with one attached hydrogen (secondary N) is 3. The van der Waals surface area contributed by atoms with Crippen LogP contribution in [0.25, 0.3) is 22.0 Å². The summed E-state index contributed by atoms with van der Waals surface area (Å²) in [6, 6.07) is 10.9. The van der Waals surface area contributed by atoms with E-state index >= 15 is 0 Å². The molecule has 1 unspecified atom stereocenters. The zero-order valence-electron chi connectivity index (χ0n) is 16.3. The van der Waals surface area contributed by atoms with Crippen molar-refractivity contribution in [1.82, 2.24) is 15.5 Å². The first-order valence-electron chi connectivity index (χ1n) is 9.16. The number of aliphatic carboxylic acids is 1. The van der Waals surface area contributed by atoms with Crippen LogP contribution in [0.4, 0.5) is 10.5 Å². The van der Waals surface area contributed by atoms with Crippen LogP contribution in [0, 0.1) is 12.8 Å². The molecule has 0 radical (unpaired) electrons. The van der Waals surface area contributed by atoms with Crippen LogP contribution in [0.15, 0.2) is 47.3 Å². The number of rotatable bonds is 5. The second-order valence-electron chi connectivity index (χ2n) is 7.14. The number of nitrogens with zero attached hydrogens (tertiary/aromatic N) is 1. The van der Waals surface area contributed by atoms with Gasteiger partial charge in [-0.25, -0.2) is 14.7 Å². The van der Waals surface area contributed by atoms with Crippen molar-refractivity contribution in [3.8, 4) is 11.3 Å². The van der Waals surface area contributed by atoms with Gasteiger partial charge in [-0.1, -0.05) is 44.2 Å². The van der Waals surface area contributed by atoms with E-state index in [1.807, 2.05) is 31.2 Å². The molecule has 1 aromatic heterocycles. The number of carbonyl (C=O) groups is 2. The van der Waals surface area contributed by atoms with Crippen LogP contribution >= 0.6 is 0 Å². The van der Waals surface area contributed by atoms with Crippen molar-refractivity contribution in [2.45, 2.75) is 26.8 Å². The highest BCUT2D eigenvalue weighted by molar-refractivity contribution is 5.96. The van der Waals surface area contributed by atoms with E-state index in [2.05, 4.69) is 20.8 Å². The number of urea groups is 1. The van der Waals surface area contributed by atoms with Gasteiger partial charge in [0.05, 0.1) is 11.1 Å². The molecule has 1 atom stereocenters. The first-order valence-corrected chi connectivity index (χ1v) is 9.16. The number of anilines is 1. The van der Waals surface area contributed by atoms with Gasteiger partial charge in [0.1, 0.15) is 6.04 Å². The van der Waals surface area contributed by atoms with E-state index in [0.717, 1.165) is 5.56 Å². The molecule has 4 N–H and O–H groups in total. The molecule has 0 aliphatic heterocycles. The highest BCUT2D eigenvalue weighted by atomic mass is 16.4. The lowest BCUT2D eigenvalue weighted by Gasteiger charge is -2.19.